The topological polar surface area (TPSA) is 133 Å². The molecule has 1 aliphatic rings. The number of nitrogens with one attached hydrogen (secondary N) is 1. The van der Waals surface area contributed by atoms with E-state index < -0.39 is 36.1 Å². The number of nitrogens with two attached hydrogens (primary N) is 1. The summed E-state index contributed by atoms with van der Waals surface area (Å²) in [5, 5.41) is 20.5. The number of hydrogen-bond donors (Lipinski definition) is 4. The minimum absolute atomic E-state index is 0.0201. The molecule has 17 heavy (non-hydrogen) atoms. The van der Waals surface area contributed by atoms with E-state index in [0.29, 0.717) is 0 Å². The highest BCUT2D eigenvalue weighted by molar-refractivity contribution is 5.88. The first-order valence-corrected chi connectivity index (χ1v) is 5.10. The van der Waals surface area contributed by atoms with Crippen LogP contribution in [0.5, 0.6) is 0 Å². The first kappa shape index (κ1) is 13.2. The predicted octanol–water partition coefficient (Wildman–Crippen LogP) is -1.91. The smallest absolute Gasteiger partial charge is 0.326 e. The fourth-order valence-corrected chi connectivity index (χ4v) is 1.61. The maximum atomic E-state index is 11.7. The number of amides is 3. The van der Waals surface area contributed by atoms with Gasteiger partial charge in [-0.25, -0.2) is 9.59 Å². The molecule has 8 heteroatoms. The molecular formula is C9H15N3O5. The molecule has 1 rings (SSSR count). The molecule has 1 heterocycles. The van der Waals surface area contributed by atoms with Gasteiger partial charge in [-0.05, 0) is 6.92 Å². The van der Waals surface area contributed by atoms with Gasteiger partial charge in [-0.3, -0.25) is 4.79 Å². The van der Waals surface area contributed by atoms with Crippen molar-refractivity contribution in [2.75, 3.05) is 6.54 Å². The maximum absolute atomic E-state index is 11.7. The summed E-state index contributed by atoms with van der Waals surface area (Å²) in [5.41, 5.74) is 4.97. The monoisotopic (exact) mass is 245 g/mol. The molecule has 1 aliphatic heterocycles. The Morgan fingerprint density at radius 2 is 2.06 bits per heavy atom. The number of carbonyl (C=O) groups is 3. The van der Waals surface area contributed by atoms with Crippen molar-refractivity contribution in [2.24, 2.45) is 5.73 Å². The van der Waals surface area contributed by atoms with Gasteiger partial charge in [0.2, 0.25) is 5.91 Å². The molecule has 0 radical (unpaired) electrons. The van der Waals surface area contributed by atoms with Gasteiger partial charge < -0.3 is 26.2 Å². The summed E-state index contributed by atoms with van der Waals surface area (Å²) in [6.45, 7) is 1.32. The van der Waals surface area contributed by atoms with Crippen LogP contribution in [0, 0.1) is 0 Å². The number of hydrogen-bond acceptors (Lipinski definition) is 4. The van der Waals surface area contributed by atoms with Crippen LogP contribution in [-0.2, 0) is 9.59 Å². The second-order valence-corrected chi connectivity index (χ2v) is 3.97. The van der Waals surface area contributed by atoms with E-state index in [9.17, 15) is 19.5 Å². The summed E-state index contributed by atoms with van der Waals surface area (Å²) >= 11 is 0. The molecule has 1 saturated heterocycles. The molecule has 0 bridgehead atoms. The lowest BCUT2D eigenvalue weighted by Crippen LogP contribution is -2.51. The third-order valence-corrected chi connectivity index (χ3v) is 2.59. The van der Waals surface area contributed by atoms with E-state index in [-0.39, 0.29) is 13.0 Å². The number of carbonyl (C=O) groups excluding carboxylic acids is 2. The third-order valence-electron chi connectivity index (χ3n) is 2.59. The van der Waals surface area contributed by atoms with Crippen molar-refractivity contribution in [2.45, 2.75) is 31.5 Å². The highest BCUT2D eigenvalue weighted by atomic mass is 16.4. The second kappa shape index (κ2) is 5.00. The van der Waals surface area contributed by atoms with E-state index in [4.69, 9.17) is 10.8 Å². The van der Waals surface area contributed by atoms with Crippen molar-refractivity contribution in [1.82, 2.24) is 10.2 Å². The standard InChI is InChI=1S/C9H15N3O5/c1-4(7(10)14)11-9(17)12-3-5(13)2-6(12)8(15)16/h4-6,13H,2-3H2,1H3,(H2,10,14)(H,11,17)(H,15,16). The first-order chi connectivity index (χ1) is 7.82. The van der Waals surface area contributed by atoms with Gasteiger partial charge in [0.05, 0.1) is 6.10 Å². The minimum atomic E-state index is -1.19. The highest BCUT2D eigenvalue weighted by Crippen LogP contribution is 2.18. The van der Waals surface area contributed by atoms with E-state index in [1.807, 2.05) is 0 Å². The van der Waals surface area contributed by atoms with Crippen LogP contribution in [0.3, 0.4) is 0 Å². The first-order valence-electron chi connectivity index (χ1n) is 5.10. The van der Waals surface area contributed by atoms with Gasteiger partial charge in [0.1, 0.15) is 12.1 Å². The molecule has 8 nitrogen and oxygen atoms in total. The van der Waals surface area contributed by atoms with E-state index in [1.54, 1.807) is 0 Å². The van der Waals surface area contributed by atoms with Gasteiger partial charge in [-0.1, -0.05) is 0 Å². The summed E-state index contributed by atoms with van der Waals surface area (Å²) in [6.07, 6.45) is -0.890. The molecule has 0 aromatic heterocycles. The Kier molecular flexibility index (Phi) is 3.89. The average Bonchev–Trinajstić information content (AvgIpc) is 2.60. The van der Waals surface area contributed by atoms with Crippen LogP contribution in [0.4, 0.5) is 4.79 Å². The Balaban J connectivity index is 2.67. The maximum Gasteiger partial charge on any atom is 0.326 e. The van der Waals surface area contributed by atoms with Crippen molar-refractivity contribution < 1.29 is 24.6 Å². The number of aliphatic hydroxyl groups is 1. The fraction of sp³-hybridized carbons (Fsp3) is 0.667. The lowest BCUT2D eigenvalue weighted by Gasteiger charge is -2.23. The van der Waals surface area contributed by atoms with E-state index in [1.165, 1.54) is 6.92 Å². The summed E-state index contributed by atoms with van der Waals surface area (Å²) in [5.74, 6) is -1.91. The molecule has 5 N–H and O–H groups in total. The van der Waals surface area contributed by atoms with Gasteiger partial charge in [0.25, 0.3) is 0 Å². The molecule has 0 aromatic carbocycles. The number of carboxylic acids is 1. The van der Waals surface area contributed by atoms with Crippen molar-refractivity contribution in [3.8, 4) is 0 Å². The molecule has 1 fully saturated rings. The Bertz CT molecular complexity index is 346. The average molecular weight is 245 g/mol. The van der Waals surface area contributed by atoms with Gasteiger partial charge >= 0.3 is 12.0 Å². The summed E-state index contributed by atoms with van der Waals surface area (Å²) in [7, 11) is 0. The number of aliphatic hydroxyl groups excluding tert-OH is 1. The van der Waals surface area contributed by atoms with Crippen LogP contribution < -0.4 is 11.1 Å². The van der Waals surface area contributed by atoms with Crippen molar-refractivity contribution in [3.05, 3.63) is 0 Å². The molecular weight excluding hydrogens is 230 g/mol. The van der Waals surface area contributed by atoms with E-state index in [2.05, 4.69) is 5.32 Å². The molecule has 0 saturated carbocycles. The zero-order valence-electron chi connectivity index (χ0n) is 9.29. The highest BCUT2D eigenvalue weighted by Gasteiger charge is 2.39. The zero-order valence-corrected chi connectivity index (χ0v) is 9.29. The van der Waals surface area contributed by atoms with Crippen molar-refractivity contribution >= 4 is 17.9 Å². The molecule has 96 valence electrons. The largest absolute Gasteiger partial charge is 0.480 e. The van der Waals surface area contributed by atoms with Gasteiger partial charge in [-0.2, -0.15) is 0 Å². The quantitative estimate of drug-likeness (QED) is 0.460. The third kappa shape index (κ3) is 3.06. The predicted molar refractivity (Wildman–Crippen MR) is 55.9 cm³/mol. The van der Waals surface area contributed by atoms with Crippen LogP contribution in [0.1, 0.15) is 13.3 Å². The molecule has 3 amide bonds. The number of likely N-dealkylation sites (tertiary alicyclic amines) is 1. The molecule has 0 spiro atoms. The van der Waals surface area contributed by atoms with Crippen LogP contribution in [0.15, 0.2) is 0 Å². The lowest BCUT2D eigenvalue weighted by atomic mass is 10.2. The SMILES string of the molecule is CC(NC(=O)N1CC(O)CC1C(=O)O)C(N)=O. The van der Waals surface area contributed by atoms with Gasteiger partial charge in [0, 0.05) is 13.0 Å². The number of primary amides is 1. The molecule has 0 aromatic rings. The minimum Gasteiger partial charge on any atom is -0.480 e. The van der Waals surface area contributed by atoms with Crippen LogP contribution >= 0.6 is 0 Å². The van der Waals surface area contributed by atoms with E-state index >= 15 is 0 Å². The molecule has 3 unspecified atom stereocenters. The Morgan fingerprint density at radius 1 is 1.47 bits per heavy atom. The second-order valence-electron chi connectivity index (χ2n) is 3.97. The van der Waals surface area contributed by atoms with Crippen LogP contribution in [0.25, 0.3) is 0 Å². The van der Waals surface area contributed by atoms with E-state index in [0.717, 1.165) is 4.90 Å². The summed E-state index contributed by atoms with van der Waals surface area (Å²) in [4.78, 5) is 34.2. The number of rotatable bonds is 3. The Morgan fingerprint density at radius 3 is 2.53 bits per heavy atom. The van der Waals surface area contributed by atoms with Crippen molar-refractivity contribution in [3.63, 3.8) is 0 Å². The summed E-state index contributed by atoms with van der Waals surface area (Å²) < 4.78 is 0. The Labute approximate surface area is 97.4 Å². The number of nitrogens with zero attached hydrogens (tertiary/aromatic N) is 1. The lowest BCUT2D eigenvalue weighted by molar-refractivity contribution is -0.141. The number of urea groups is 1. The molecule has 3 atom stereocenters. The summed E-state index contributed by atoms with van der Waals surface area (Å²) in [6, 6.07) is -2.69. The van der Waals surface area contributed by atoms with Crippen LogP contribution in [-0.4, -0.2) is 57.8 Å². The normalized spacial score (nSPS) is 25.4. The number of carboxylic acid groups (broad SMARTS) is 1. The van der Waals surface area contributed by atoms with Crippen LogP contribution in [0.2, 0.25) is 0 Å². The van der Waals surface area contributed by atoms with Crippen molar-refractivity contribution in [1.29, 1.82) is 0 Å². The number of aliphatic carboxylic acids is 1. The molecule has 0 aliphatic carbocycles. The van der Waals surface area contributed by atoms with Gasteiger partial charge in [0.15, 0.2) is 0 Å². The Hall–Kier alpha value is -1.83. The van der Waals surface area contributed by atoms with Gasteiger partial charge in [-0.15, -0.1) is 0 Å². The number of β-amino-alcohol motifs (C(OH)–C–C–N with tert-alkyl or cyclic N) is 1. The fourth-order valence-electron chi connectivity index (χ4n) is 1.61. The zero-order chi connectivity index (χ0) is 13.2.